The zero-order valence-electron chi connectivity index (χ0n) is 26.2. The van der Waals surface area contributed by atoms with Crippen LogP contribution in [0.3, 0.4) is 0 Å². The summed E-state index contributed by atoms with van der Waals surface area (Å²) >= 11 is 0. The molecule has 1 aliphatic heterocycles. The molecule has 6 nitrogen and oxygen atoms in total. The first-order chi connectivity index (χ1) is 23.1. The normalized spacial score (nSPS) is 17.9. The maximum absolute atomic E-state index is 12.2. The van der Waals surface area contributed by atoms with Crippen LogP contribution in [-0.2, 0) is 29.0 Å². The number of nitrogens with zero attached hydrogens (tertiary/aromatic N) is 1. The van der Waals surface area contributed by atoms with Gasteiger partial charge in [0.2, 0.25) is 5.91 Å². The average Bonchev–Trinajstić information content (AvgIpc) is 3.49. The van der Waals surface area contributed by atoms with Crippen molar-refractivity contribution < 1.29 is 9.59 Å². The lowest BCUT2D eigenvalue weighted by Gasteiger charge is -2.32. The van der Waals surface area contributed by atoms with E-state index in [1.54, 1.807) is 6.20 Å². The first-order valence-corrected chi connectivity index (χ1v) is 16.5. The summed E-state index contributed by atoms with van der Waals surface area (Å²) in [6.07, 6.45) is 15.8. The van der Waals surface area contributed by atoms with Crippen LogP contribution >= 0.6 is 0 Å². The highest BCUT2D eigenvalue weighted by Crippen LogP contribution is 2.50. The third-order valence-electron chi connectivity index (χ3n) is 10.2. The second-order valence-electron chi connectivity index (χ2n) is 12.8. The van der Waals surface area contributed by atoms with Gasteiger partial charge in [-0.3, -0.25) is 14.6 Å². The smallest absolute Gasteiger partial charge is 0.244 e. The first kappa shape index (κ1) is 29.1. The van der Waals surface area contributed by atoms with E-state index in [1.165, 1.54) is 56.0 Å². The highest BCUT2D eigenvalue weighted by atomic mass is 16.1. The fourth-order valence-corrected chi connectivity index (χ4v) is 8.16. The van der Waals surface area contributed by atoms with Gasteiger partial charge in [-0.25, -0.2) is 0 Å². The molecule has 0 bridgehead atoms. The molecule has 1 atom stereocenters. The molecular formula is C41H36N4O2. The predicted molar refractivity (Wildman–Crippen MR) is 191 cm³/mol. The number of aliphatic imine (C=N–C) groups is 1. The Kier molecular flexibility index (Phi) is 7.30. The molecular weight excluding hydrogens is 580 g/mol. The van der Waals surface area contributed by atoms with Crippen molar-refractivity contribution in [1.82, 2.24) is 0 Å². The topological polar surface area (TPSA) is 111 Å². The summed E-state index contributed by atoms with van der Waals surface area (Å²) in [6, 6.07) is 21.6. The fraction of sp³-hybridized carbons (Fsp3) is 0.195. The van der Waals surface area contributed by atoms with E-state index in [4.69, 9.17) is 16.5 Å². The minimum Gasteiger partial charge on any atom is -0.366 e. The van der Waals surface area contributed by atoms with Gasteiger partial charge in [-0.1, -0.05) is 48.6 Å². The average molecular weight is 617 g/mol. The number of carbonyl (C=O) groups excluding carboxylic acids is 2. The van der Waals surface area contributed by atoms with Crippen molar-refractivity contribution in [2.24, 2.45) is 16.5 Å². The molecule has 1 heterocycles. The van der Waals surface area contributed by atoms with E-state index in [0.717, 1.165) is 72.0 Å². The molecule has 4 aliphatic rings. The number of hydrogen-bond acceptors (Lipinski definition) is 5. The standard InChI is InChI=1S/C41H36N4O2/c42-23-26-21-27(44-18-5-19-46)13-15-29(26)36-22-25-20-24(41(43)47)12-14-28(25)34-17-16-31-30(7-3-8-32(31)39(34)36)33-9-4-11-38-40(33)35-6-1-2-10-37(35)45-38/h1-2,4-6,9-10,13,15-22,30,44H,3,7-8,11-12,14,23,42H2,(H2,43,47). The number of para-hydroxylation sites is 1. The number of carbonyl (C=O) groups is 2. The zero-order chi connectivity index (χ0) is 32.1. The summed E-state index contributed by atoms with van der Waals surface area (Å²) in [5, 5.41) is 5.69. The van der Waals surface area contributed by atoms with Gasteiger partial charge in [0.1, 0.15) is 6.29 Å². The van der Waals surface area contributed by atoms with Crippen molar-refractivity contribution >= 4 is 51.7 Å². The van der Waals surface area contributed by atoms with Gasteiger partial charge in [0, 0.05) is 47.5 Å². The van der Waals surface area contributed by atoms with Crippen molar-refractivity contribution in [1.29, 1.82) is 0 Å². The third kappa shape index (κ3) is 4.88. The Labute approximate surface area is 274 Å². The number of fused-ring (bicyclic) bond motifs is 8. The summed E-state index contributed by atoms with van der Waals surface area (Å²) in [7, 11) is 0. The van der Waals surface area contributed by atoms with Gasteiger partial charge in [0.15, 0.2) is 0 Å². The number of aldehydes is 1. The minimum absolute atomic E-state index is 0.265. The highest BCUT2D eigenvalue weighted by molar-refractivity contribution is 6.31. The maximum Gasteiger partial charge on any atom is 0.244 e. The van der Waals surface area contributed by atoms with Gasteiger partial charge in [-0.2, -0.15) is 0 Å². The van der Waals surface area contributed by atoms with Crippen LogP contribution < -0.4 is 16.8 Å². The second-order valence-corrected chi connectivity index (χ2v) is 12.8. The predicted octanol–water partition coefficient (Wildman–Crippen LogP) is 7.82. The van der Waals surface area contributed by atoms with Crippen molar-refractivity contribution in [3.63, 3.8) is 0 Å². The number of benzene rings is 4. The van der Waals surface area contributed by atoms with Crippen molar-refractivity contribution in [2.75, 3.05) is 5.32 Å². The lowest BCUT2D eigenvalue weighted by molar-refractivity contribution is -0.114. The third-order valence-corrected chi connectivity index (χ3v) is 10.2. The number of primary amides is 1. The number of hydrogen-bond donors (Lipinski definition) is 3. The number of aryl methyl sites for hydroxylation is 2. The SMILES string of the molecule is NCc1cc(NC=CC=O)ccc1-c1cc2c(c3ccc4c(c13)CCCC4C1=C3C(=Nc4ccccc43)CC=C1)CCC(C(N)=O)=C2. The van der Waals surface area contributed by atoms with Crippen LogP contribution in [0.2, 0.25) is 0 Å². The number of anilines is 1. The van der Waals surface area contributed by atoms with Crippen LogP contribution in [0.25, 0.3) is 33.5 Å². The van der Waals surface area contributed by atoms with E-state index in [1.807, 2.05) is 12.1 Å². The Morgan fingerprint density at radius 3 is 2.72 bits per heavy atom. The largest absolute Gasteiger partial charge is 0.366 e. The highest BCUT2D eigenvalue weighted by Gasteiger charge is 2.33. The Balaban J connectivity index is 1.36. The number of nitrogens with one attached hydrogen (secondary N) is 1. The lowest BCUT2D eigenvalue weighted by atomic mass is 9.72. The molecule has 0 spiro atoms. The van der Waals surface area contributed by atoms with Crippen molar-refractivity contribution in [3.8, 4) is 11.1 Å². The number of allylic oxidation sites excluding steroid dienone is 5. The molecule has 232 valence electrons. The molecule has 0 fully saturated rings. The number of nitrogens with two attached hydrogens (primary N) is 2. The Morgan fingerprint density at radius 1 is 0.979 bits per heavy atom. The van der Waals surface area contributed by atoms with Gasteiger partial charge in [-0.05, 0) is 124 Å². The molecule has 0 saturated heterocycles. The summed E-state index contributed by atoms with van der Waals surface area (Å²) in [6.45, 7) is 0.351. The van der Waals surface area contributed by atoms with Gasteiger partial charge < -0.3 is 16.8 Å². The number of rotatable bonds is 7. The summed E-state index contributed by atoms with van der Waals surface area (Å²) in [5.41, 5.74) is 28.1. The molecule has 4 aromatic rings. The second kappa shape index (κ2) is 11.8. The van der Waals surface area contributed by atoms with Crippen LogP contribution in [0.4, 0.5) is 11.4 Å². The number of amides is 1. The molecule has 0 aromatic heterocycles. The molecule has 0 radical (unpaired) electrons. The van der Waals surface area contributed by atoms with Gasteiger partial charge in [0.05, 0.1) is 11.4 Å². The molecule has 0 saturated carbocycles. The lowest BCUT2D eigenvalue weighted by Crippen LogP contribution is -2.18. The molecule has 3 aliphatic carbocycles. The fourth-order valence-electron chi connectivity index (χ4n) is 8.16. The van der Waals surface area contributed by atoms with Crippen LogP contribution in [0.5, 0.6) is 0 Å². The van der Waals surface area contributed by atoms with Crippen LogP contribution in [0.1, 0.15) is 65.0 Å². The Bertz CT molecular complexity index is 2160. The summed E-state index contributed by atoms with van der Waals surface area (Å²) in [4.78, 5) is 28.1. The van der Waals surface area contributed by atoms with E-state index in [9.17, 15) is 9.59 Å². The van der Waals surface area contributed by atoms with Crippen LogP contribution in [0.15, 0.2) is 101 Å². The van der Waals surface area contributed by atoms with Crippen molar-refractivity contribution in [2.45, 2.75) is 51.0 Å². The monoisotopic (exact) mass is 616 g/mol. The van der Waals surface area contributed by atoms with E-state index >= 15 is 0 Å². The zero-order valence-corrected chi connectivity index (χ0v) is 26.2. The van der Waals surface area contributed by atoms with Crippen molar-refractivity contribution in [3.05, 3.63) is 130 Å². The molecule has 47 heavy (non-hydrogen) atoms. The van der Waals surface area contributed by atoms with E-state index < -0.39 is 0 Å². The molecule has 1 unspecified atom stereocenters. The van der Waals surface area contributed by atoms with E-state index in [-0.39, 0.29) is 11.8 Å². The summed E-state index contributed by atoms with van der Waals surface area (Å²) < 4.78 is 0. The van der Waals surface area contributed by atoms with E-state index in [2.05, 4.69) is 72.1 Å². The Morgan fingerprint density at radius 2 is 1.87 bits per heavy atom. The maximum atomic E-state index is 12.2. The minimum atomic E-state index is -0.363. The Hall–Kier alpha value is -5.33. The molecule has 4 aromatic carbocycles. The first-order valence-electron chi connectivity index (χ1n) is 16.5. The summed E-state index contributed by atoms with van der Waals surface area (Å²) in [5.74, 6) is -0.0973. The van der Waals surface area contributed by atoms with Gasteiger partial charge in [-0.15, -0.1) is 0 Å². The molecule has 6 heteroatoms. The van der Waals surface area contributed by atoms with Crippen LogP contribution in [0, 0.1) is 0 Å². The van der Waals surface area contributed by atoms with E-state index in [0.29, 0.717) is 18.5 Å². The molecule has 1 amide bonds. The molecule has 5 N–H and O–H groups in total. The molecule has 8 rings (SSSR count). The quantitative estimate of drug-likeness (QED) is 0.145. The van der Waals surface area contributed by atoms with Crippen LogP contribution in [-0.4, -0.2) is 17.9 Å². The van der Waals surface area contributed by atoms with Gasteiger partial charge >= 0.3 is 0 Å². The van der Waals surface area contributed by atoms with Gasteiger partial charge in [0.25, 0.3) is 0 Å².